The molecule has 2 rings (SSSR count). The molecule has 0 atom stereocenters. The van der Waals surface area contributed by atoms with Crippen LogP contribution in [-0.4, -0.2) is 7.11 Å². The molecule has 0 heterocycles. The summed E-state index contributed by atoms with van der Waals surface area (Å²) >= 11 is 17.6. The predicted molar refractivity (Wildman–Crippen MR) is 83.3 cm³/mol. The van der Waals surface area contributed by atoms with Crippen LogP contribution >= 0.6 is 34.8 Å². The summed E-state index contributed by atoms with van der Waals surface area (Å²) in [6, 6.07) is 11.0. The number of halogens is 3. The van der Waals surface area contributed by atoms with Gasteiger partial charge in [-0.3, -0.25) is 0 Å². The number of alkyl halides is 1. The standard InChI is InChI=1S/C15H13Cl3O2/c1-19-15-7-10(8-16)3-5-14(15)20-9-11-2-4-12(17)13(18)6-11/h2-7H,8-9H2,1H3. The van der Waals surface area contributed by atoms with Gasteiger partial charge in [-0.05, 0) is 35.4 Å². The van der Waals surface area contributed by atoms with Crippen molar-refractivity contribution in [1.29, 1.82) is 0 Å². The topological polar surface area (TPSA) is 18.5 Å². The maximum Gasteiger partial charge on any atom is 0.161 e. The zero-order chi connectivity index (χ0) is 14.5. The van der Waals surface area contributed by atoms with Gasteiger partial charge in [-0.2, -0.15) is 0 Å². The molecule has 106 valence electrons. The first-order valence-corrected chi connectivity index (χ1v) is 7.22. The molecule has 0 bridgehead atoms. The van der Waals surface area contributed by atoms with Crippen LogP contribution in [0.1, 0.15) is 11.1 Å². The van der Waals surface area contributed by atoms with Crippen molar-refractivity contribution in [2.24, 2.45) is 0 Å². The fraction of sp³-hybridized carbons (Fsp3) is 0.200. The van der Waals surface area contributed by atoms with Gasteiger partial charge in [-0.15, -0.1) is 11.6 Å². The third-order valence-electron chi connectivity index (χ3n) is 2.76. The maximum atomic E-state index is 5.97. The third-order valence-corrected chi connectivity index (χ3v) is 3.81. The molecule has 20 heavy (non-hydrogen) atoms. The molecule has 0 unspecified atom stereocenters. The summed E-state index contributed by atoms with van der Waals surface area (Å²) in [4.78, 5) is 0. The van der Waals surface area contributed by atoms with Crippen molar-refractivity contribution in [3.8, 4) is 11.5 Å². The van der Waals surface area contributed by atoms with Crippen molar-refractivity contribution in [3.05, 3.63) is 57.6 Å². The molecule has 0 amide bonds. The van der Waals surface area contributed by atoms with E-state index in [-0.39, 0.29) is 0 Å². The van der Waals surface area contributed by atoms with Crippen molar-refractivity contribution in [2.45, 2.75) is 12.5 Å². The largest absolute Gasteiger partial charge is 0.493 e. The normalized spacial score (nSPS) is 10.4. The lowest BCUT2D eigenvalue weighted by atomic mass is 10.2. The van der Waals surface area contributed by atoms with Crippen molar-refractivity contribution in [2.75, 3.05) is 7.11 Å². The van der Waals surface area contributed by atoms with E-state index in [0.717, 1.165) is 11.1 Å². The van der Waals surface area contributed by atoms with Crippen LogP contribution < -0.4 is 9.47 Å². The lowest BCUT2D eigenvalue weighted by Crippen LogP contribution is -1.98. The lowest BCUT2D eigenvalue weighted by molar-refractivity contribution is 0.284. The highest BCUT2D eigenvalue weighted by atomic mass is 35.5. The van der Waals surface area contributed by atoms with Gasteiger partial charge in [0.15, 0.2) is 11.5 Å². The van der Waals surface area contributed by atoms with Crippen LogP contribution in [0.3, 0.4) is 0 Å². The first kappa shape index (κ1) is 15.3. The zero-order valence-electron chi connectivity index (χ0n) is 10.8. The summed E-state index contributed by atoms with van der Waals surface area (Å²) < 4.78 is 11.0. The van der Waals surface area contributed by atoms with Gasteiger partial charge in [0.1, 0.15) is 6.61 Å². The Morgan fingerprint density at radius 3 is 2.30 bits per heavy atom. The highest BCUT2D eigenvalue weighted by Gasteiger charge is 2.07. The van der Waals surface area contributed by atoms with E-state index < -0.39 is 0 Å². The fourth-order valence-corrected chi connectivity index (χ4v) is 2.19. The summed E-state index contributed by atoms with van der Waals surface area (Å²) in [6.07, 6.45) is 0. The molecule has 0 N–H and O–H groups in total. The van der Waals surface area contributed by atoms with Crippen molar-refractivity contribution < 1.29 is 9.47 Å². The minimum absolute atomic E-state index is 0.382. The molecular formula is C15H13Cl3O2. The van der Waals surface area contributed by atoms with E-state index in [1.807, 2.05) is 24.3 Å². The van der Waals surface area contributed by atoms with E-state index in [1.165, 1.54) is 0 Å². The first-order chi connectivity index (χ1) is 9.63. The van der Waals surface area contributed by atoms with Gasteiger partial charge in [-0.1, -0.05) is 35.3 Å². The second-order valence-electron chi connectivity index (χ2n) is 4.16. The van der Waals surface area contributed by atoms with Gasteiger partial charge >= 0.3 is 0 Å². The average molecular weight is 332 g/mol. The summed E-state index contributed by atoms with van der Waals surface area (Å²) in [7, 11) is 1.60. The summed E-state index contributed by atoms with van der Waals surface area (Å²) in [6.45, 7) is 0.382. The van der Waals surface area contributed by atoms with Crippen LogP contribution in [0.2, 0.25) is 10.0 Å². The zero-order valence-corrected chi connectivity index (χ0v) is 13.1. The number of hydrogen-bond acceptors (Lipinski definition) is 2. The molecule has 2 aromatic carbocycles. The van der Waals surface area contributed by atoms with Crippen LogP contribution in [-0.2, 0) is 12.5 Å². The first-order valence-electron chi connectivity index (χ1n) is 5.93. The highest BCUT2D eigenvalue weighted by molar-refractivity contribution is 6.42. The van der Waals surface area contributed by atoms with Crippen LogP contribution in [0.25, 0.3) is 0 Å². The molecular weight excluding hydrogens is 319 g/mol. The van der Waals surface area contributed by atoms with E-state index in [4.69, 9.17) is 44.3 Å². The second kappa shape index (κ2) is 7.07. The minimum atomic E-state index is 0.382. The molecule has 0 saturated carbocycles. The Bertz CT molecular complexity index is 600. The number of methoxy groups -OCH3 is 1. The Morgan fingerprint density at radius 1 is 0.900 bits per heavy atom. The summed E-state index contributed by atoms with van der Waals surface area (Å²) in [5, 5.41) is 1.04. The fourth-order valence-electron chi connectivity index (χ4n) is 1.70. The summed E-state index contributed by atoms with van der Waals surface area (Å²) in [5.74, 6) is 1.75. The molecule has 0 aliphatic carbocycles. The Balaban J connectivity index is 2.12. The van der Waals surface area contributed by atoms with Crippen LogP contribution in [0.4, 0.5) is 0 Å². The molecule has 2 aromatic rings. The Morgan fingerprint density at radius 2 is 1.65 bits per heavy atom. The average Bonchev–Trinajstić information content (AvgIpc) is 2.48. The van der Waals surface area contributed by atoms with E-state index in [9.17, 15) is 0 Å². The van der Waals surface area contributed by atoms with Gasteiger partial charge < -0.3 is 9.47 Å². The number of rotatable bonds is 5. The van der Waals surface area contributed by atoms with Crippen molar-refractivity contribution >= 4 is 34.8 Å². The quantitative estimate of drug-likeness (QED) is 0.690. The molecule has 0 saturated heterocycles. The molecule has 0 radical (unpaired) electrons. The van der Waals surface area contributed by atoms with E-state index in [0.29, 0.717) is 34.0 Å². The summed E-state index contributed by atoms with van der Waals surface area (Å²) in [5.41, 5.74) is 1.91. The number of ether oxygens (including phenoxy) is 2. The van der Waals surface area contributed by atoms with E-state index >= 15 is 0 Å². The number of benzene rings is 2. The van der Waals surface area contributed by atoms with Gasteiger partial charge in [-0.25, -0.2) is 0 Å². The molecule has 0 spiro atoms. The Kier molecular flexibility index (Phi) is 5.41. The van der Waals surface area contributed by atoms with Gasteiger partial charge in [0.2, 0.25) is 0 Å². The second-order valence-corrected chi connectivity index (χ2v) is 5.24. The monoisotopic (exact) mass is 330 g/mol. The van der Waals surface area contributed by atoms with Gasteiger partial charge in [0, 0.05) is 5.88 Å². The van der Waals surface area contributed by atoms with Crippen LogP contribution in [0.5, 0.6) is 11.5 Å². The Hall–Kier alpha value is -1.09. The van der Waals surface area contributed by atoms with E-state index in [2.05, 4.69) is 0 Å². The van der Waals surface area contributed by atoms with Crippen LogP contribution in [0.15, 0.2) is 36.4 Å². The van der Waals surface area contributed by atoms with Gasteiger partial charge in [0.25, 0.3) is 0 Å². The maximum absolute atomic E-state index is 5.97. The predicted octanol–water partition coefficient (Wildman–Crippen LogP) is 5.32. The van der Waals surface area contributed by atoms with E-state index in [1.54, 1.807) is 19.2 Å². The third kappa shape index (κ3) is 3.72. The Labute approximate surface area is 133 Å². The molecule has 0 aliphatic heterocycles. The van der Waals surface area contributed by atoms with Crippen molar-refractivity contribution in [3.63, 3.8) is 0 Å². The molecule has 0 aromatic heterocycles. The highest BCUT2D eigenvalue weighted by Crippen LogP contribution is 2.30. The van der Waals surface area contributed by atoms with Crippen molar-refractivity contribution in [1.82, 2.24) is 0 Å². The molecule has 0 aliphatic rings. The molecule has 5 heteroatoms. The molecule has 0 fully saturated rings. The van der Waals surface area contributed by atoms with Gasteiger partial charge in [0.05, 0.1) is 17.2 Å². The minimum Gasteiger partial charge on any atom is -0.493 e. The molecule has 2 nitrogen and oxygen atoms in total. The van der Waals surface area contributed by atoms with Crippen LogP contribution in [0, 0.1) is 0 Å². The lowest BCUT2D eigenvalue weighted by Gasteiger charge is -2.12. The number of hydrogen-bond donors (Lipinski definition) is 0. The SMILES string of the molecule is COc1cc(CCl)ccc1OCc1ccc(Cl)c(Cl)c1. The smallest absolute Gasteiger partial charge is 0.161 e.